The van der Waals surface area contributed by atoms with Gasteiger partial charge in [0.15, 0.2) is 0 Å². The van der Waals surface area contributed by atoms with Crippen LogP contribution in [0.25, 0.3) is 0 Å². The Labute approximate surface area is 291 Å². The SMILES string of the molecule is C[C-](c1ccccc1)N(C)C.C[C@H](c1ccccc1)N(C)C.[B][C@@](C)(c1ccccc1)N(C)C.[Li+].[Y].[Y]. The molecule has 188 valence electrons. The van der Waals surface area contributed by atoms with E-state index in [4.69, 9.17) is 7.85 Å². The first-order valence-corrected chi connectivity index (χ1v) is 11.8. The Morgan fingerprint density at radius 3 is 1.43 bits per heavy atom. The van der Waals surface area contributed by atoms with Crippen molar-refractivity contribution in [1.82, 2.24) is 14.7 Å². The molecule has 3 nitrogen and oxygen atoms in total. The van der Waals surface area contributed by atoms with Crippen molar-refractivity contribution in [2.75, 3.05) is 42.3 Å². The zero-order valence-corrected chi connectivity index (χ0v) is 30.5. The Morgan fingerprint density at radius 1 is 0.703 bits per heavy atom. The van der Waals surface area contributed by atoms with Gasteiger partial charge in [-0.3, -0.25) is 0 Å². The fourth-order valence-corrected chi connectivity index (χ4v) is 3.00. The molecule has 0 N–H and O–H groups in total. The minimum absolute atomic E-state index is 0. The summed E-state index contributed by atoms with van der Waals surface area (Å²) in [4.78, 5) is 6.33. The van der Waals surface area contributed by atoms with Gasteiger partial charge in [-0.2, -0.15) is 17.7 Å². The number of rotatable bonds is 6. The van der Waals surface area contributed by atoms with Crippen LogP contribution in [-0.4, -0.2) is 64.8 Å². The van der Waals surface area contributed by atoms with E-state index in [1.807, 2.05) is 68.4 Å². The molecular weight excluding hydrogens is 598 g/mol. The zero-order chi connectivity index (χ0) is 25.7. The van der Waals surface area contributed by atoms with Gasteiger partial charge in [0.05, 0.1) is 0 Å². The van der Waals surface area contributed by atoms with E-state index in [1.54, 1.807) is 0 Å². The van der Waals surface area contributed by atoms with E-state index >= 15 is 0 Å². The fourth-order valence-electron chi connectivity index (χ4n) is 3.00. The molecule has 0 unspecified atom stereocenters. The summed E-state index contributed by atoms with van der Waals surface area (Å²) in [5.41, 5.74) is 3.42. The Balaban J connectivity index is -0.000000451. The first kappa shape index (κ1) is 41.8. The van der Waals surface area contributed by atoms with Crippen LogP contribution >= 0.6 is 0 Å². The van der Waals surface area contributed by atoms with Crippen molar-refractivity contribution in [2.24, 2.45) is 0 Å². The summed E-state index contributed by atoms with van der Waals surface area (Å²) in [6.45, 7) is 6.33. The number of hydrogen-bond acceptors (Lipinski definition) is 3. The van der Waals surface area contributed by atoms with Gasteiger partial charge in [0, 0.05) is 76.9 Å². The summed E-state index contributed by atoms with van der Waals surface area (Å²) in [6.07, 6.45) is 0. The molecule has 3 aromatic rings. The number of benzene rings is 3. The first-order valence-electron chi connectivity index (χ1n) is 11.8. The van der Waals surface area contributed by atoms with Crippen LogP contribution in [0.15, 0.2) is 91.0 Å². The molecule has 4 radical (unpaired) electrons. The van der Waals surface area contributed by atoms with E-state index in [1.165, 1.54) is 17.2 Å². The van der Waals surface area contributed by atoms with E-state index in [-0.39, 0.29) is 89.7 Å². The zero-order valence-electron chi connectivity index (χ0n) is 24.8. The van der Waals surface area contributed by atoms with E-state index in [9.17, 15) is 0 Å². The summed E-state index contributed by atoms with van der Waals surface area (Å²) in [6, 6.07) is 32.8. The second-order valence-corrected chi connectivity index (χ2v) is 9.30. The smallest absolute Gasteiger partial charge is 0.336 e. The monoisotopic (exact) mass is 641 g/mol. The maximum atomic E-state index is 6.11. The summed E-state index contributed by atoms with van der Waals surface area (Å²) < 4.78 is 0. The third kappa shape index (κ3) is 15.6. The third-order valence-electron chi connectivity index (χ3n) is 6.21. The van der Waals surface area contributed by atoms with Crippen LogP contribution in [0.4, 0.5) is 0 Å². The Morgan fingerprint density at radius 2 is 1.08 bits per heavy atom. The van der Waals surface area contributed by atoms with Crippen molar-refractivity contribution >= 4 is 7.85 Å². The van der Waals surface area contributed by atoms with Crippen LogP contribution in [0.1, 0.15) is 43.5 Å². The Bertz CT molecular complexity index is 862. The molecule has 0 saturated carbocycles. The van der Waals surface area contributed by atoms with Crippen molar-refractivity contribution in [1.29, 1.82) is 0 Å². The van der Waals surface area contributed by atoms with Crippen LogP contribution in [0, 0.1) is 6.04 Å². The van der Waals surface area contributed by atoms with E-state index in [0.29, 0.717) is 6.04 Å². The van der Waals surface area contributed by atoms with Gasteiger partial charge in [-0.05, 0) is 60.3 Å². The van der Waals surface area contributed by atoms with Crippen molar-refractivity contribution in [3.63, 3.8) is 0 Å². The van der Waals surface area contributed by atoms with Crippen molar-refractivity contribution in [3.8, 4) is 0 Å². The third-order valence-corrected chi connectivity index (χ3v) is 6.21. The standard InChI is InChI=1S/C10H14BN.C10H15N.C10H14N.Li.2Y/c1-10(11,12(2)3)9-7-5-4-6-8-9;2*1-9(11(2)3)10-7-5-4-6-8-10;;;/h4-8H,1-3H3;4-9H,1-3H3;4-8H,1-3H3;;;/q;;-1;+1;;/t10-;9-;;;;/m11..../s1. The maximum Gasteiger partial charge on any atom is 1.00 e. The summed E-state index contributed by atoms with van der Waals surface area (Å²) in [7, 11) is 18.4. The molecule has 0 bridgehead atoms. The summed E-state index contributed by atoms with van der Waals surface area (Å²) in [5.74, 6) is 0. The normalized spacial score (nSPS) is 12.2. The molecule has 0 heterocycles. The van der Waals surface area contributed by atoms with Crippen LogP contribution in [0.3, 0.4) is 0 Å². The summed E-state index contributed by atoms with van der Waals surface area (Å²) >= 11 is 0. The van der Waals surface area contributed by atoms with Crippen molar-refractivity contribution < 1.29 is 84.3 Å². The molecule has 7 heteroatoms. The second kappa shape index (κ2) is 22.0. The van der Waals surface area contributed by atoms with Gasteiger partial charge in [0.2, 0.25) is 0 Å². The molecular formula is C30H43BLiN3Y2. The molecule has 3 aromatic carbocycles. The van der Waals surface area contributed by atoms with Gasteiger partial charge in [-0.25, -0.2) is 0 Å². The summed E-state index contributed by atoms with van der Waals surface area (Å²) in [5, 5.41) is 0. The van der Waals surface area contributed by atoms with Gasteiger partial charge >= 0.3 is 18.9 Å². The quantitative estimate of drug-likeness (QED) is 0.303. The first-order chi connectivity index (χ1) is 16.0. The predicted octanol–water partition coefficient (Wildman–Crippen LogP) is 3.05. The molecule has 0 amide bonds. The van der Waals surface area contributed by atoms with Gasteiger partial charge < -0.3 is 14.7 Å². The van der Waals surface area contributed by atoms with E-state index in [0.717, 1.165) is 5.56 Å². The second-order valence-electron chi connectivity index (χ2n) is 9.30. The Kier molecular flexibility index (Phi) is 24.9. The van der Waals surface area contributed by atoms with Crippen LogP contribution < -0.4 is 18.9 Å². The minimum atomic E-state index is -0.374. The average Bonchev–Trinajstić information content (AvgIpc) is 2.85. The van der Waals surface area contributed by atoms with Gasteiger partial charge in [0.25, 0.3) is 0 Å². The van der Waals surface area contributed by atoms with Gasteiger partial charge in [-0.1, -0.05) is 80.6 Å². The largest absolute Gasteiger partial charge is 1.00 e. The average molecular weight is 641 g/mol. The van der Waals surface area contributed by atoms with Crippen LogP contribution in [0.5, 0.6) is 0 Å². The van der Waals surface area contributed by atoms with Crippen molar-refractivity contribution in [3.05, 3.63) is 114 Å². The van der Waals surface area contributed by atoms with Gasteiger partial charge in [0.1, 0.15) is 7.85 Å². The molecule has 0 aromatic heterocycles. The van der Waals surface area contributed by atoms with Crippen LogP contribution in [-0.2, 0) is 70.9 Å². The number of nitrogens with zero attached hydrogens (tertiary/aromatic N) is 3. The molecule has 0 saturated heterocycles. The Hall–Kier alpha value is 0.280. The van der Waals surface area contributed by atoms with Crippen LogP contribution in [0.2, 0.25) is 0 Å². The molecule has 0 fully saturated rings. The fraction of sp³-hybridized carbons (Fsp3) is 0.367. The maximum absolute atomic E-state index is 6.11. The van der Waals surface area contributed by atoms with E-state index in [2.05, 4.69) is 100 Å². The molecule has 0 spiro atoms. The minimum Gasteiger partial charge on any atom is -0.336 e. The number of hydrogen-bond donors (Lipinski definition) is 0. The molecule has 37 heavy (non-hydrogen) atoms. The van der Waals surface area contributed by atoms with Gasteiger partial charge in [-0.15, -0.1) is 18.2 Å². The molecule has 0 aliphatic carbocycles. The molecule has 0 aliphatic rings. The molecule has 0 aliphatic heterocycles. The van der Waals surface area contributed by atoms with Crippen molar-refractivity contribution in [2.45, 2.75) is 32.3 Å². The molecule has 2 atom stereocenters. The topological polar surface area (TPSA) is 9.72 Å². The molecule has 3 rings (SSSR count). The van der Waals surface area contributed by atoms with E-state index < -0.39 is 0 Å². The predicted molar refractivity (Wildman–Crippen MR) is 150 cm³/mol.